The van der Waals surface area contributed by atoms with Crippen molar-refractivity contribution >= 4 is 40.4 Å². The second kappa shape index (κ2) is 8.82. The van der Waals surface area contributed by atoms with Crippen molar-refractivity contribution in [3.05, 3.63) is 56.2 Å². The highest BCUT2D eigenvalue weighted by Gasteiger charge is 2.34. The van der Waals surface area contributed by atoms with E-state index in [9.17, 15) is 19.7 Å². The van der Waals surface area contributed by atoms with Crippen molar-refractivity contribution in [2.24, 2.45) is 0 Å². The number of nitro benzene ring substituents is 1. The van der Waals surface area contributed by atoms with Gasteiger partial charge in [0.25, 0.3) is 16.8 Å². The summed E-state index contributed by atoms with van der Waals surface area (Å²) in [5, 5.41) is 11.6. The zero-order valence-corrected chi connectivity index (χ0v) is 19.3. The summed E-state index contributed by atoms with van der Waals surface area (Å²) in [6.45, 7) is 7.84. The van der Waals surface area contributed by atoms with Crippen LogP contribution in [0.2, 0.25) is 0 Å². The monoisotopic (exact) mass is 454 g/mol. The number of anilines is 1. The normalized spacial score (nSPS) is 17.8. The fourth-order valence-electron chi connectivity index (χ4n) is 4.41. The third-order valence-electron chi connectivity index (χ3n) is 5.94. The Morgan fingerprint density at radius 2 is 1.88 bits per heavy atom. The van der Waals surface area contributed by atoms with E-state index < -0.39 is 0 Å². The first kappa shape index (κ1) is 22.1. The van der Waals surface area contributed by atoms with E-state index in [4.69, 9.17) is 0 Å². The lowest BCUT2D eigenvalue weighted by molar-refractivity contribution is -0.384. The van der Waals surface area contributed by atoms with Gasteiger partial charge >= 0.3 is 0 Å². The van der Waals surface area contributed by atoms with E-state index in [1.54, 1.807) is 12.1 Å². The number of hydrogen-bond donors (Lipinski definition) is 0. The molecule has 3 heterocycles. The Morgan fingerprint density at radius 1 is 1.16 bits per heavy atom. The van der Waals surface area contributed by atoms with Gasteiger partial charge < -0.3 is 9.47 Å². The van der Waals surface area contributed by atoms with Crippen LogP contribution in [0.4, 0.5) is 16.2 Å². The van der Waals surface area contributed by atoms with Crippen LogP contribution in [0.1, 0.15) is 43.1 Å². The Bertz CT molecular complexity index is 1130. The largest absolute Gasteiger partial charge is 0.366 e. The Morgan fingerprint density at radius 3 is 2.53 bits per heavy atom. The molecule has 0 bridgehead atoms. The molecule has 9 heteroatoms. The number of carbonyl (C=O) groups is 2. The van der Waals surface area contributed by atoms with Gasteiger partial charge in [0.2, 0.25) is 0 Å². The van der Waals surface area contributed by atoms with Crippen molar-refractivity contribution in [3.8, 4) is 5.69 Å². The third-order valence-corrected chi connectivity index (χ3v) is 6.85. The quantitative estimate of drug-likeness (QED) is 0.345. The lowest BCUT2D eigenvalue weighted by Gasteiger charge is -2.19. The van der Waals surface area contributed by atoms with Crippen LogP contribution in [0.5, 0.6) is 0 Å². The second-order valence-electron chi connectivity index (χ2n) is 8.12. The number of benzene rings is 1. The molecule has 0 radical (unpaired) electrons. The smallest absolute Gasteiger partial charge is 0.294 e. The molecule has 0 N–H and O–H groups in total. The van der Waals surface area contributed by atoms with E-state index in [1.165, 1.54) is 4.90 Å². The molecular weight excluding hydrogens is 428 g/mol. The summed E-state index contributed by atoms with van der Waals surface area (Å²) in [4.78, 5) is 40.0. The van der Waals surface area contributed by atoms with Crippen molar-refractivity contribution < 1.29 is 14.5 Å². The molecule has 0 atom stereocenters. The predicted octanol–water partition coefficient (Wildman–Crippen LogP) is 5.05. The summed E-state index contributed by atoms with van der Waals surface area (Å²) in [5.74, 6) is -0.266. The standard InChI is InChI=1S/C23H26N4O4S/c1-4-9-25-22(28)21(32-23(25)29)13-17-12-15(2)26(16(17)3)18-7-8-19(20(14-18)27(30)31)24-10-5-6-11-24/h7-8,12-14H,4-6,9-11H2,1-3H3/b21-13-. The van der Waals surface area contributed by atoms with Gasteiger partial charge in [0, 0.05) is 37.1 Å². The molecule has 0 spiro atoms. The summed E-state index contributed by atoms with van der Waals surface area (Å²) < 4.78 is 1.95. The van der Waals surface area contributed by atoms with Gasteiger partial charge in [-0.3, -0.25) is 24.6 Å². The lowest BCUT2D eigenvalue weighted by atomic mass is 10.2. The maximum absolute atomic E-state index is 12.6. The van der Waals surface area contributed by atoms with Gasteiger partial charge in [-0.1, -0.05) is 6.92 Å². The van der Waals surface area contributed by atoms with E-state index in [-0.39, 0.29) is 21.8 Å². The molecule has 4 rings (SSSR count). The molecule has 2 aliphatic heterocycles. The second-order valence-corrected chi connectivity index (χ2v) is 9.11. The summed E-state index contributed by atoms with van der Waals surface area (Å²) in [6, 6.07) is 7.28. The highest BCUT2D eigenvalue weighted by atomic mass is 32.2. The Balaban J connectivity index is 1.71. The number of amides is 2. The summed E-state index contributed by atoms with van der Waals surface area (Å²) in [7, 11) is 0. The molecule has 0 unspecified atom stereocenters. The van der Waals surface area contributed by atoms with Gasteiger partial charge in [-0.2, -0.15) is 0 Å². The predicted molar refractivity (Wildman–Crippen MR) is 126 cm³/mol. The molecule has 8 nitrogen and oxygen atoms in total. The Hall–Kier alpha value is -3.07. The van der Waals surface area contributed by atoms with Crippen LogP contribution in [0.15, 0.2) is 29.2 Å². The van der Waals surface area contributed by atoms with Gasteiger partial charge in [0.15, 0.2) is 0 Å². The van der Waals surface area contributed by atoms with Crippen LogP contribution in [-0.2, 0) is 4.79 Å². The van der Waals surface area contributed by atoms with Gasteiger partial charge in [-0.25, -0.2) is 0 Å². The van der Waals surface area contributed by atoms with Crippen LogP contribution in [0.3, 0.4) is 0 Å². The molecule has 0 saturated carbocycles. The number of rotatable bonds is 6. The van der Waals surface area contributed by atoms with Crippen LogP contribution in [0.25, 0.3) is 11.8 Å². The fraction of sp³-hybridized carbons (Fsp3) is 0.391. The molecule has 2 amide bonds. The maximum Gasteiger partial charge on any atom is 0.294 e. The van der Waals surface area contributed by atoms with Crippen LogP contribution < -0.4 is 4.90 Å². The van der Waals surface area contributed by atoms with E-state index in [2.05, 4.69) is 4.90 Å². The minimum absolute atomic E-state index is 0.0964. The number of thioether (sulfide) groups is 1. The summed E-state index contributed by atoms with van der Waals surface area (Å²) in [5.41, 5.74) is 4.02. The molecular formula is C23H26N4O4S. The number of aromatic nitrogens is 1. The van der Waals surface area contributed by atoms with Crippen molar-refractivity contribution in [2.75, 3.05) is 24.5 Å². The average molecular weight is 455 g/mol. The molecule has 2 saturated heterocycles. The highest BCUT2D eigenvalue weighted by molar-refractivity contribution is 8.18. The molecule has 2 aliphatic rings. The summed E-state index contributed by atoms with van der Waals surface area (Å²) >= 11 is 0.953. The highest BCUT2D eigenvalue weighted by Crippen LogP contribution is 2.36. The number of imide groups is 1. The van der Waals surface area contributed by atoms with Crippen molar-refractivity contribution in [1.29, 1.82) is 0 Å². The number of nitro groups is 1. The van der Waals surface area contributed by atoms with E-state index >= 15 is 0 Å². The van der Waals surface area contributed by atoms with Crippen LogP contribution in [0, 0.1) is 24.0 Å². The van der Waals surface area contributed by atoms with E-state index in [1.807, 2.05) is 43.5 Å². The Labute approximate surface area is 191 Å². The average Bonchev–Trinajstić information content (AvgIpc) is 3.44. The van der Waals surface area contributed by atoms with Gasteiger partial charge in [-0.05, 0) is 74.7 Å². The van der Waals surface area contributed by atoms with Crippen molar-refractivity contribution in [3.63, 3.8) is 0 Å². The topological polar surface area (TPSA) is 88.7 Å². The SMILES string of the molecule is CCCN1C(=O)S/C(=C\c2cc(C)n(-c3ccc(N4CCCC4)c([N+](=O)[O-])c3)c2C)C1=O. The minimum Gasteiger partial charge on any atom is -0.366 e. The van der Waals surface area contributed by atoms with Crippen molar-refractivity contribution in [1.82, 2.24) is 9.47 Å². The molecule has 168 valence electrons. The number of hydrogen-bond acceptors (Lipinski definition) is 6. The fourth-order valence-corrected chi connectivity index (χ4v) is 5.27. The third kappa shape index (κ3) is 3.92. The number of carbonyl (C=O) groups excluding carboxylic acids is 2. The number of aryl methyl sites for hydroxylation is 1. The first-order chi connectivity index (χ1) is 15.3. The Kier molecular flexibility index (Phi) is 6.10. The van der Waals surface area contributed by atoms with Crippen LogP contribution >= 0.6 is 11.8 Å². The molecule has 2 fully saturated rings. The summed E-state index contributed by atoms with van der Waals surface area (Å²) in [6.07, 6.45) is 4.54. The molecule has 2 aromatic rings. The van der Waals surface area contributed by atoms with Crippen molar-refractivity contribution in [2.45, 2.75) is 40.0 Å². The zero-order valence-electron chi connectivity index (χ0n) is 18.5. The van der Waals surface area contributed by atoms with Gasteiger partial charge in [0.05, 0.1) is 15.5 Å². The molecule has 32 heavy (non-hydrogen) atoms. The molecule has 1 aromatic heterocycles. The molecule has 0 aliphatic carbocycles. The van der Waals surface area contributed by atoms with Gasteiger partial charge in [0.1, 0.15) is 5.69 Å². The van der Waals surface area contributed by atoms with E-state index in [0.717, 1.165) is 54.6 Å². The minimum atomic E-state index is -0.323. The lowest BCUT2D eigenvalue weighted by Crippen LogP contribution is -2.28. The van der Waals surface area contributed by atoms with Crippen LogP contribution in [-0.4, -0.2) is 45.2 Å². The first-order valence-corrected chi connectivity index (χ1v) is 11.6. The van der Waals surface area contributed by atoms with E-state index in [0.29, 0.717) is 29.2 Å². The number of nitrogens with zero attached hydrogens (tertiary/aromatic N) is 4. The maximum atomic E-state index is 12.6. The van der Waals surface area contributed by atoms with Gasteiger partial charge in [-0.15, -0.1) is 0 Å². The zero-order chi connectivity index (χ0) is 23.0. The first-order valence-electron chi connectivity index (χ1n) is 10.8. The molecule has 1 aromatic carbocycles.